The van der Waals surface area contributed by atoms with Crippen molar-refractivity contribution in [2.45, 2.75) is 19.4 Å². The number of halogens is 1. The Balaban J connectivity index is 2.32. The highest BCUT2D eigenvalue weighted by molar-refractivity contribution is 9.10. The van der Waals surface area contributed by atoms with Crippen LogP contribution in [-0.4, -0.2) is 32.1 Å². The first kappa shape index (κ1) is 15.0. The molecule has 1 aromatic rings. The number of rotatable bonds is 7. The minimum absolute atomic E-state index is 0.0342. The van der Waals surface area contributed by atoms with Crippen LogP contribution in [0.2, 0.25) is 0 Å². The normalized spacial score (nSPS) is 11.9. The SMILES string of the molecule is CNCCC(=O)NCC(C)Oc1ccccc1Br. The fraction of sp³-hybridized carbons (Fsp3) is 0.462. The van der Waals surface area contributed by atoms with Gasteiger partial charge in [-0.3, -0.25) is 4.79 Å². The summed E-state index contributed by atoms with van der Waals surface area (Å²) in [6.45, 7) is 3.12. The molecule has 100 valence electrons. The largest absolute Gasteiger partial charge is 0.488 e. The molecular weight excluding hydrogens is 296 g/mol. The number of carbonyl (C=O) groups is 1. The average molecular weight is 315 g/mol. The van der Waals surface area contributed by atoms with E-state index in [1.165, 1.54) is 0 Å². The predicted octanol–water partition coefficient (Wildman–Crippen LogP) is 1.94. The predicted molar refractivity (Wildman–Crippen MR) is 75.8 cm³/mol. The molecule has 0 saturated heterocycles. The van der Waals surface area contributed by atoms with Crippen molar-refractivity contribution in [1.29, 1.82) is 0 Å². The van der Waals surface area contributed by atoms with Gasteiger partial charge in [0.05, 0.1) is 11.0 Å². The molecule has 0 aliphatic heterocycles. The Kier molecular flexibility index (Phi) is 6.75. The van der Waals surface area contributed by atoms with Crippen molar-refractivity contribution in [3.05, 3.63) is 28.7 Å². The summed E-state index contributed by atoms with van der Waals surface area (Å²) >= 11 is 3.42. The standard InChI is InChI=1S/C13H19BrN2O2/c1-10(9-16-13(17)7-8-15-2)18-12-6-4-3-5-11(12)14/h3-6,10,15H,7-9H2,1-2H3,(H,16,17). The minimum Gasteiger partial charge on any atom is -0.488 e. The van der Waals surface area contributed by atoms with E-state index in [9.17, 15) is 4.79 Å². The van der Waals surface area contributed by atoms with Crippen LogP contribution in [0, 0.1) is 0 Å². The van der Waals surface area contributed by atoms with Crippen molar-refractivity contribution < 1.29 is 9.53 Å². The molecule has 0 fully saturated rings. The van der Waals surface area contributed by atoms with E-state index < -0.39 is 0 Å². The van der Waals surface area contributed by atoms with E-state index in [2.05, 4.69) is 26.6 Å². The van der Waals surface area contributed by atoms with Crippen molar-refractivity contribution in [3.8, 4) is 5.75 Å². The van der Waals surface area contributed by atoms with Gasteiger partial charge in [0.25, 0.3) is 0 Å². The van der Waals surface area contributed by atoms with Gasteiger partial charge in [-0.05, 0) is 42.0 Å². The van der Waals surface area contributed by atoms with Gasteiger partial charge in [-0.1, -0.05) is 12.1 Å². The Labute approximate surface area is 116 Å². The Morgan fingerprint density at radius 3 is 2.83 bits per heavy atom. The average Bonchev–Trinajstić information content (AvgIpc) is 2.36. The van der Waals surface area contributed by atoms with Crippen molar-refractivity contribution in [3.63, 3.8) is 0 Å². The lowest BCUT2D eigenvalue weighted by atomic mass is 10.3. The zero-order valence-electron chi connectivity index (χ0n) is 10.7. The summed E-state index contributed by atoms with van der Waals surface area (Å²) in [5.41, 5.74) is 0. The fourth-order valence-electron chi connectivity index (χ4n) is 1.38. The van der Waals surface area contributed by atoms with Crippen molar-refractivity contribution in [2.75, 3.05) is 20.1 Å². The molecule has 1 aromatic carbocycles. The van der Waals surface area contributed by atoms with Crippen LogP contribution in [0.5, 0.6) is 5.75 Å². The molecule has 0 heterocycles. The highest BCUT2D eigenvalue weighted by Gasteiger charge is 2.08. The minimum atomic E-state index is -0.0674. The molecule has 5 heteroatoms. The van der Waals surface area contributed by atoms with Crippen molar-refractivity contribution in [1.82, 2.24) is 10.6 Å². The van der Waals surface area contributed by atoms with E-state index in [-0.39, 0.29) is 12.0 Å². The maximum Gasteiger partial charge on any atom is 0.221 e. The smallest absolute Gasteiger partial charge is 0.221 e. The number of benzene rings is 1. The number of carbonyl (C=O) groups excluding carboxylic acids is 1. The summed E-state index contributed by atoms with van der Waals surface area (Å²) in [6.07, 6.45) is 0.417. The first-order valence-electron chi connectivity index (χ1n) is 5.96. The van der Waals surface area contributed by atoms with Gasteiger partial charge < -0.3 is 15.4 Å². The third-order valence-electron chi connectivity index (χ3n) is 2.35. The van der Waals surface area contributed by atoms with Crippen LogP contribution in [0.1, 0.15) is 13.3 Å². The number of para-hydroxylation sites is 1. The molecular formula is C13H19BrN2O2. The van der Waals surface area contributed by atoms with Gasteiger partial charge in [0, 0.05) is 13.0 Å². The summed E-state index contributed by atoms with van der Waals surface area (Å²) < 4.78 is 6.64. The molecule has 1 rings (SSSR count). The zero-order valence-corrected chi connectivity index (χ0v) is 12.3. The Hall–Kier alpha value is -1.07. The second kappa shape index (κ2) is 8.11. The molecule has 0 spiro atoms. The molecule has 4 nitrogen and oxygen atoms in total. The van der Waals surface area contributed by atoms with Gasteiger partial charge in [-0.25, -0.2) is 0 Å². The van der Waals surface area contributed by atoms with Crippen molar-refractivity contribution in [2.24, 2.45) is 0 Å². The van der Waals surface area contributed by atoms with Crippen LogP contribution >= 0.6 is 15.9 Å². The van der Waals surface area contributed by atoms with Gasteiger partial charge in [0.2, 0.25) is 5.91 Å². The van der Waals surface area contributed by atoms with Gasteiger partial charge >= 0.3 is 0 Å². The number of ether oxygens (including phenoxy) is 1. The Morgan fingerprint density at radius 2 is 2.17 bits per heavy atom. The molecule has 0 aromatic heterocycles. The molecule has 0 aliphatic carbocycles. The topological polar surface area (TPSA) is 50.4 Å². The second-order valence-corrected chi connectivity index (χ2v) is 4.87. The Bertz CT molecular complexity index is 385. The number of hydrogen-bond donors (Lipinski definition) is 2. The summed E-state index contributed by atoms with van der Waals surface area (Å²) in [5.74, 6) is 0.821. The van der Waals surface area contributed by atoms with E-state index in [1.807, 2.05) is 38.2 Å². The molecule has 0 radical (unpaired) electrons. The lowest BCUT2D eigenvalue weighted by Crippen LogP contribution is -2.34. The van der Waals surface area contributed by atoms with E-state index >= 15 is 0 Å². The van der Waals surface area contributed by atoms with Gasteiger partial charge in [-0.2, -0.15) is 0 Å². The molecule has 2 N–H and O–H groups in total. The molecule has 18 heavy (non-hydrogen) atoms. The lowest BCUT2D eigenvalue weighted by molar-refractivity contribution is -0.121. The first-order chi connectivity index (χ1) is 8.63. The summed E-state index contributed by atoms with van der Waals surface area (Å²) in [7, 11) is 1.83. The monoisotopic (exact) mass is 314 g/mol. The number of amides is 1. The summed E-state index contributed by atoms with van der Waals surface area (Å²) in [6, 6.07) is 7.66. The van der Waals surface area contributed by atoms with Crippen LogP contribution in [0.15, 0.2) is 28.7 Å². The fourth-order valence-corrected chi connectivity index (χ4v) is 1.76. The van der Waals surface area contributed by atoms with Gasteiger partial charge in [-0.15, -0.1) is 0 Å². The van der Waals surface area contributed by atoms with E-state index in [0.717, 1.165) is 10.2 Å². The van der Waals surface area contributed by atoms with Crippen LogP contribution < -0.4 is 15.4 Å². The third kappa shape index (κ3) is 5.51. The molecule has 0 saturated carbocycles. The highest BCUT2D eigenvalue weighted by atomic mass is 79.9. The maximum atomic E-state index is 11.4. The van der Waals surface area contributed by atoms with Crippen LogP contribution in [0.25, 0.3) is 0 Å². The molecule has 0 aliphatic rings. The van der Waals surface area contributed by atoms with Gasteiger partial charge in [0.15, 0.2) is 0 Å². The molecule has 1 amide bonds. The van der Waals surface area contributed by atoms with Crippen LogP contribution in [0.3, 0.4) is 0 Å². The van der Waals surface area contributed by atoms with E-state index in [0.29, 0.717) is 19.5 Å². The lowest BCUT2D eigenvalue weighted by Gasteiger charge is -2.16. The maximum absolute atomic E-state index is 11.4. The van der Waals surface area contributed by atoms with Crippen LogP contribution in [-0.2, 0) is 4.79 Å². The summed E-state index contributed by atoms with van der Waals surface area (Å²) in [4.78, 5) is 11.4. The quantitative estimate of drug-likeness (QED) is 0.808. The Morgan fingerprint density at radius 1 is 1.44 bits per heavy atom. The highest BCUT2D eigenvalue weighted by Crippen LogP contribution is 2.24. The molecule has 0 bridgehead atoms. The first-order valence-corrected chi connectivity index (χ1v) is 6.75. The van der Waals surface area contributed by atoms with E-state index in [4.69, 9.17) is 4.74 Å². The molecule has 1 atom stereocenters. The second-order valence-electron chi connectivity index (χ2n) is 4.02. The van der Waals surface area contributed by atoms with Crippen LogP contribution in [0.4, 0.5) is 0 Å². The number of hydrogen-bond acceptors (Lipinski definition) is 3. The van der Waals surface area contributed by atoms with E-state index in [1.54, 1.807) is 0 Å². The molecule has 1 unspecified atom stereocenters. The van der Waals surface area contributed by atoms with Gasteiger partial charge in [0.1, 0.15) is 11.9 Å². The zero-order chi connectivity index (χ0) is 13.4. The number of nitrogens with one attached hydrogen (secondary N) is 2. The van der Waals surface area contributed by atoms with Crippen molar-refractivity contribution >= 4 is 21.8 Å². The summed E-state index contributed by atoms with van der Waals surface area (Å²) in [5, 5.41) is 5.77. The third-order valence-corrected chi connectivity index (χ3v) is 3.01.